The van der Waals surface area contributed by atoms with Gasteiger partial charge in [-0.15, -0.1) is 0 Å². The molecule has 0 fully saturated rings. The molecule has 1 unspecified atom stereocenters. The minimum Gasteiger partial charge on any atom is -0.496 e. The molecular weight excluding hydrogens is 386 g/mol. The first-order chi connectivity index (χ1) is 12.8. The van der Waals surface area contributed by atoms with Crippen molar-refractivity contribution in [3.05, 3.63) is 65.0 Å². The number of methoxy groups -OCH3 is 1. The van der Waals surface area contributed by atoms with Crippen LogP contribution in [0.4, 0.5) is 26.3 Å². The number of benzene rings is 2. The van der Waals surface area contributed by atoms with E-state index in [0.29, 0.717) is 6.07 Å². The molecule has 0 heterocycles. The molecule has 0 saturated carbocycles. The lowest BCUT2D eigenvalue weighted by Crippen LogP contribution is -2.50. The lowest BCUT2D eigenvalue weighted by atomic mass is 9.72. The number of hydrogen-bond acceptors (Lipinski definition) is 2. The number of ether oxygens (including phenoxy) is 1. The average Bonchev–Trinajstić information content (AvgIpc) is 2.52. The van der Waals surface area contributed by atoms with Crippen LogP contribution in [-0.4, -0.2) is 24.0 Å². The van der Waals surface area contributed by atoms with Crippen LogP contribution in [-0.2, 0) is 11.8 Å². The van der Waals surface area contributed by atoms with Gasteiger partial charge in [0.25, 0.3) is 0 Å². The van der Waals surface area contributed by atoms with Crippen molar-refractivity contribution < 1.29 is 36.2 Å². The Morgan fingerprint density at radius 3 is 1.96 bits per heavy atom. The molecular formula is C20H20F6O2. The first kappa shape index (κ1) is 22.1. The topological polar surface area (TPSA) is 29.5 Å². The first-order valence-electron chi connectivity index (χ1n) is 8.35. The number of alkyl halides is 3. The Hall–Kier alpha value is -2.22. The van der Waals surface area contributed by atoms with Gasteiger partial charge in [-0.2, -0.15) is 13.2 Å². The van der Waals surface area contributed by atoms with E-state index in [2.05, 4.69) is 0 Å². The van der Waals surface area contributed by atoms with E-state index in [4.69, 9.17) is 4.74 Å². The second kappa shape index (κ2) is 7.66. The van der Waals surface area contributed by atoms with Crippen LogP contribution >= 0.6 is 0 Å². The molecule has 154 valence electrons. The molecule has 8 heteroatoms. The van der Waals surface area contributed by atoms with Crippen LogP contribution in [0.3, 0.4) is 0 Å². The average molecular weight is 406 g/mol. The van der Waals surface area contributed by atoms with Crippen LogP contribution in [0.5, 0.6) is 5.75 Å². The molecule has 2 aromatic rings. The van der Waals surface area contributed by atoms with Gasteiger partial charge in [-0.05, 0) is 47.7 Å². The van der Waals surface area contributed by atoms with Crippen LogP contribution in [0, 0.1) is 17.5 Å². The van der Waals surface area contributed by atoms with Crippen LogP contribution in [0.2, 0.25) is 0 Å². The molecule has 28 heavy (non-hydrogen) atoms. The maximum atomic E-state index is 13.8. The highest BCUT2D eigenvalue weighted by molar-refractivity contribution is 5.40. The van der Waals surface area contributed by atoms with E-state index < -0.39 is 47.5 Å². The van der Waals surface area contributed by atoms with Gasteiger partial charge >= 0.3 is 6.18 Å². The zero-order valence-corrected chi connectivity index (χ0v) is 15.5. The molecule has 0 radical (unpaired) electrons. The zero-order chi connectivity index (χ0) is 21.3. The molecule has 0 amide bonds. The maximum Gasteiger partial charge on any atom is 0.417 e. The Morgan fingerprint density at radius 1 is 0.893 bits per heavy atom. The molecule has 0 saturated heterocycles. The first-order valence-corrected chi connectivity index (χ1v) is 8.35. The highest BCUT2D eigenvalue weighted by Crippen LogP contribution is 2.45. The molecule has 0 spiro atoms. The number of hydrogen-bond donors (Lipinski definition) is 1. The van der Waals surface area contributed by atoms with E-state index in [1.54, 1.807) is 0 Å². The van der Waals surface area contributed by atoms with Crippen LogP contribution < -0.4 is 4.74 Å². The molecule has 0 aliphatic carbocycles. The smallest absolute Gasteiger partial charge is 0.417 e. The third kappa shape index (κ3) is 4.79. The summed E-state index contributed by atoms with van der Waals surface area (Å²) < 4.78 is 86.8. The number of halogens is 6. The Balaban J connectivity index is 2.47. The summed E-state index contributed by atoms with van der Waals surface area (Å²) in [7, 11) is 1.29. The van der Waals surface area contributed by atoms with E-state index in [0.717, 1.165) is 24.3 Å². The summed E-state index contributed by atoms with van der Waals surface area (Å²) >= 11 is 0. The van der Waals surface area contributed by atoms with Gasteiger partial charge in [-0.3, -0.25) is 0 Å². The molecule has 2 aromatic carbocycles. The van der Waals surface area contributed by atoms with Gasteiger partial charge in [0.15, 0.2) is 5.60 Å². The predicted octanol–water partition coefficient (Wildman–Crippen LogP) is 5.32. The van der Waals surface area contributed by atoms with Crippen LogP contribution in [0.25, 0.3) is 0 Å². The third-order valence-electron chi connectivity index (χ3n) is 4.57. The van der Waals surface area contributed by atoms with Gasteiger partial charge in [-0.25, -0.2) is 13.2 Å². The standard InChI is InChI=1S/C20H20F6O2/c1-18(2,16-9-13(21)4-5-17(16)28-3)11-19(27,20(24,25)26)10-12-6-14(22)8-15(23)7-12/h4-9,27H,10-11H2,1-3H3. The van der Waals surface area contributed by atoms with E-state index in [9.17, 15) is 31.4 Å². The summed E-state index contributed by atoms with van der Waals surface area (Å²) in [6, 6.07) is 5.41. The SMILES string of the molecule is COc1ccc(F)cc1C(C)(C)CC(O)(Cc1cc(F)cc(F)c1)C(F)(F)F. The molecule has 0 bridgehead atoms. The van der Waals surface area contributed by atoms with Gasteiger partial charge < -0.3 is 9.84 Å². The van der Waals surface area contributed by atoms with Crippen molar-refractivity contribution in [2.75, 3.05) is 7.11 Å². The molecule has 0 aromatic heterocycles. The number of rotatable bonds is 6. The molecule has 2 nitrogen and oxygen atoms in total. The van der Waals surface area contributed by atoms with Gasteiger partial charge in [0, 0.05) is 18.1 Å². The largest absolute Gasteiger partial charge is 0.496 e. The van der Waals surface area contributed by atoms with Crippen molar-refractivity contribution >= 4 is 0 Å². The second-order valence-corrected chi connectivity index (χ2v) is 7.39. The molecule has 1 N–H and O–H groups in total. The predicted molar refractivity (Wildman–Crippen MR) is 91.7 cm³/mol. The highest BCUT2D eigenvalue weighted by Gasteiger charge is 2.56. The van der Waals surface area contributed by atoms with Gasteiger partial charge in [0.1, 0.15) is 23.2 Å². The minimum absolute atomic E-state index is 0.128. The van der Waals surface area contributed by atoms with Crippen molar-refractivity contribution in [3.8, 4) is 5.75 Å². The summed E-state index contributed by atoms with van der Waals surface area (Å²) in [5.41, 5.74) is -4.92. The van der Waals surface area contributed by atoms with Crippen molar-refractivity contribution in [2.45, 2.75) is 43.9 Å². The van der Waals surface area contributed by atoms with Crippen LogP contribution in [0.15, 0.2) is 36.4 Å². The van der Waals surface area contributed by atoms with Gasteiger partial charge in [-0.1, -0.05) is 13.8 Å². The molecule has 0 aliphatic rings. The van der Waals surface area contributed by atoms with Crippen molar-refractivity contribution in [1.82, 2.24) is 0 Å². The van der Waals surface area contributed by atoms with Crippen molar-refractivity contribution in [3.63, 3.8) is 0 Å². The minimum atomic E-state index is -5.10. The number of aliphatic hydroxyl groups is 1. The van der Waals surface area contributed by atoms with E-state index in [-0.39, 0.29) is 16.9 Å². The lowest BCUT2D eigenvalue weighted by molar-refractivity contribution is -0.266. The molecule has 2 rings (SSSR count). The zero-order valence-electron chi connectivity index (χ0n) is 15.5. The van der Waals surface area contributed by atoms with E-state index >= 15 is 0 Å². The summed E-state index contributed by atoms with van der Waals surface area (Å²) in [4.78, 5) is 0. The summed E-state index contributed by atoms with van der Waals surface area (Å²) in [6.07, 6.45) is -7.05. The van der Waals surface area contributed by atoms with Gasteiger partial charge in [0.2, 0.25) is 0 Å². The van der Waals surface area contributed by atoms with Gasteiger partial charge in [0.05, 0.1) is 7.11 Å². The quantitative estimate of drug-likeness (QED) is 0.659. The second-order valence-electron chi connectivity index (χ2n) is 7.39. The summed E-state index contributed by atoms with van der Waals surface area (Å²) in [5.74, 6) is -2.62. The normalized spacial score (nSPS) is 14.6. The molecule has 0 aliphatic heterocycles. The Bertz CT molecular complexity index is 827. The van der Waals surface area contributed by atoms with E-state index in [1.807, 2.05) is 0 Å². The fourth-order valence-corrected chi connectivity index (χ4v) is 3.35. The third-order valence-corrected chi connectivity index (χ3v) is 4.57. The Morgan fingerprint density at radius 2 is 1.46 bits per heavy atom. The fourth-order valence-electron chi connectivity index (χ4n) is 3.35. The lowest BCUT2D eigenvalue weighted by Gasteiger charge is -2.38. The van der Waals surface area contributed by atoms with Crippen molar-refractivity contribution in [2.24, 2.45) is 0 Å². The molecule has 1 atom stereocenters. The maximum absolute atomic E-state index is 13.8. The van der Waals surface area contributed by atoms with Crippen LogP contribution in [0.1, 0.15) is 31.4 Å². The monoisotopic (exact) mass is 406 g/mol. The Labute approximate surface area is 158 Å². The highest BCUT2D eigenvalue weighted by atomic mass is 19.4. The van der Waals surface area contributed by atoms with Crippen molar-refractivity contribution in [1.29, 1.82) is 0 Å². The summed E-state index contributed by atoms with van der Waals surface area (Å²) in [5, 5.41) is 10.5. The van der Waals surface area contributed by atoms with E-state index in [1.165, 1.54) is 27.0 Å². The fraction of sp³-hybridized carbons (Fsp3) is 0.400. The Kier molecular flexibility index (Phi) is 6.04. The summed E-state index contributed by atoms with van der Waals surface area (Å²) in [6.45, 7) is 2.79.